The average Bonchev–Trinajstić information content (AvgIpc) is 3.25. The molecule has 0 aliphatic carbocycles. The lowest BCUT2D eigenvalue weighted by molar-refractivity contribution is -0.0497. The number of benzene rings is 1. The molecule has 0 atom stereocenters. The van der Waals surface area contributed by atoms with Gasteiger partial charge in [0.25, 0.3) is 0 Å². The molecule has 5 rings (SSSR count). The number of nitrogens with one attached hydrogen (secondary N) is 2. The molecule has 0 spiro atoms. The van der Waals surface area contributed by atoms with Gasteiger partial charge in [-0.05, 0) is 18.2 Å². The Morgan fingerprint density at radius 1 is 1.37 bits per heavy atom. The first kappa shape index (κ1) is 18.4. The monoisotopic (exact) mass is 414 g/mol. The van der Waals surface area contributed by atoms with Crippen LogP contribution in [0.15, 0.2) is 30.6 Å². The number of alkyl halides is 2. The molecule has 30 heavy (non-hydrogen) atoms. The number of fused-ring (bicyclic) bond motifs is 2. The molecule has 9 nitrogen and oxygen atoms in total. The van der Waals surface area contributed by atoms with Crippen LogP contribution in [0.3, 0.4) is 0 Å². The Kier molecular flexibility index (Phi) is 4.31. The Hall–Kier alpha value is -3.60. The first-order valence-electron chi connectivity index (χ1n) is 9.23. The Labute approximate surface area is 167 Å². The zero-order chi connectivity index (χ0) is 20.8. The topological polar surface area (TPSA) is 118 Å². The van der Waals surface area contributed by atoms with Gasteiger partial charge in [-0.15, -0.1) is 0 Å². The van der Waals surface area contributed by atoms with Gasteiger partial charge in [-0.3, -0.25) is 4.68 Å². The van der Waals surface area contributed by atoms with Crippen molar-refractivity contribution < 1.29 is 23.4 Å². The smallest absolute Gasteiger partial charge is 0.387 e. The van der Waals surface area contributed by atoms with Gasteiger partial charge in [0, 0.05) is 37.1 Å². The van der Waals surface area contributed by atoms with Crippen molar-refractivity contribution in [3.63, 3.8) is 0 Å². The van der Waals surface area contributed by atoms with Gasteiger partial charge in [0.05, 0.1) is 11.7 Å². The summed E-state index contributed by atoms with van der Waals surface area (Å²) in [7, 11) is 0. The lowest BCUT2D eigenvalue weighted by atomic mass is 10.0. The summed E-state index contributed by atoms with van der Waals surface area (Å²) in [6.45, 7) is -0.546. The summed E-state index contributed by atoms with van der Waals surface area (Å²) in [5.74, 6) is -0.714. The number of ether oxygens (including phenoxy) is 1. The van der Waals surface area contributed by atoms with Crippen molar-refractivity contribution in [3.8, 4) is 17.1 Å². The Balaban J connectivity index is 1.67. The van der Waals surface area contributed by atoms with Gasteiger partial charge in [0.1, 0.15) is 28.2 Å². The fraction of sp³-hybridized carbons (Fsp3) is 0.263. The average molecular weight is 414 g/mol. The third kappa shape index (κ3) is 3.12. The molecule has 11 heteroatoms. The Morgan fingerprint density at radius 3 is 2.90 bits per heavy atom. The first-order chi connectivity index (χ1) is 14.5. The molecule has 0 bridgehead atoms. The highest BCUT2D eigenvalue weighted by Gasteiger charge is 2.22. The second kappa shape index (κ2) is 7.02. The summed E-state index contributed by atoms with van der Waals surface area (Å²) in [4.78, 5) is 22.9. The van der Waals surface area contributed by atoms with E-state index in [1.807, 2.05) is 4.68 Å². The number of rotatable bonds is 6. The molecule has 1 aliphatic rings. The first-order valence-corrected chi connectivity index (χ1v) is 9.23. The molecule has 1 aromatic carbocycles. The lowest BCUT2D eigenvalue weighted by Gasteiger charge is -2.27. The summed E-state index contributed by atoms with van der Waals surface area (Å²) in [6.07, 6.45) is 2.80. The van der Waals surface area contributed by atoms with Gasteiger partial charge in [-0.25, -0.2) is 14.8 Å². The van der Waals surface area contributed by atoms with Gasteiger partial charge in [0.15, 0.2) is 5.65 Å². The van der Waals surface area contributed by atoms with Crippen LogP contribution in [0.25, 0.3) is 33.5 Å². The van der Waals surface area contributed by atoms with E-state index in [1.165, 1.54) is 24.5 Å². The Bertz CT molecular complexity index is 1260. The van der Waals surface area contributed by atoms with Crippen LogP contribution >= 0.6 is 0 Å². The number of aromatic amines is 1. The fourth-order valence-corrected chi connectivity index (χ4v) is 3.55. The summed E-state index contributed by atoms with van der Waals surface area (Å²) < 4.78 is 31.8. The van der Waals surface area contributed by atoms with Crippen LogP contribution in [0, 0.1) is 5.92 Å². The summed E-state index contributed by atoms with van der Waals surface area (Å²) in [5.41, 5.74) is 2.03. The van der Waals surface area contributed by atoms with E-state index in [0.29, 0.717) is 34.9 Å². The van der Waals surface area contributed by atoms with E-state index in [0.717, 1.165) is 18.6 Å². The molecular formula is C19H16F2N6O3. The second-order valence-electron chi connectivity index (χ2n) is 7.07. The van der Waals surface area contributed by atoms with E-state index < -0.39 is 12.6 Å². The Morgan fingerprint density at radius 2 is 2.20 bits per heavy atom. The van der Waals surface area contributed by atoms with Crippen LogP contribution in [0.5, 0.6) is 5.75 Å². The predicted molar refractivity (Wildman–Crippen MR) is 103 cm³/mol. The maximum Gasteiger partial charge on any atom is 0.387 e. The number of carboxylic acid groups (broad SMARTS) is 1. The third-order valence-corrected chi connectivity index (χ3v) is 5.10. The van der Waals surface area contributed by atoms with Crippen molar-refractivity contribution in [1.29, 1.82) is 0 Å². The number of nitrogens with zero attached hydrogens (tertiary/aromatic N) is 4. The highest BCUT2D eigenvalue weighted by atomic mass is 19.3. The van der Waals surface area contributed by atoms with E-state index >= 15 is 0 Å². The molecule has 1 aliphatic heterocycles. The molecular weight excluding hydrogens is 398 g/mol. The third-order valence-electron chi connectivity index (χ3n) is 5.10. The molecule has 1 saturated heterocycles. The van der Waals surface area contributed by atoms with E-state index in [2.05, 4.69) is 30.1 Å². The molecule has 0 unspecified atom stereocenters. The van der Waals surface area contributed by atoms with Crippen molar-refractivity contribution in [3.05, 3.63) is 36.2 Å². The molecule has 3 N–H and O–H groups in total. The van der Waals surface area contributed by atoms with Crippen molar-refractivity contribution in [2.45, 2.75) is 13.2 Å². The maximum absolute atomic E-state index is 12.7. The number of carbonyl (C=O) groups is 1. The van der Waals surface area contributed by atoms with E-state index in [-0.39, 0.29) is 16.8 Å². The summed E-state index contributed by atoms with van der Waals surface area (Å²) in [5, 5.41) is 17.8. The molecule has 0 radical (unpaired) electrons. The molecule has 4 heterocycles. The molecule has 0 saturated carbocycles. The van der Waals surface area contributed by atoms with E-state index in [4.69, 9.17) is 0 Å². The van der Waals surface area contributed by atoms with Crippen molar-refractivity contribution in [2.24, 2.45) is 5.92 Å². The van der Waals surface area contributed by atoms with Gasteiger partial charge in [-0.2, -0.15) is 13.9 Å². The highest BCUT2D eigenvalue weighted by Crippen LogP contribution is 2.32. The summed E-state index contributed by atoms with van der Waals surface area (Å²) in [6, 6.07) is 4.64. The normalized spacial score (nSPS) is 14.5. The highest BCUT2D eigenvalue weighted by molar-refractivity contribution is 6.01. The minimum Gasteiger partial charge on any atom is -0.478 e. The lowest BCUT2D eigenvalue weighted by Crippen LogP contribution is -2.44. The minimum atomic E-state index is -2.95. The number of H-pyrrole nitrogens is 1. The zero-order valence-electron chi connectivity index (χ0n) is 15.5. The van der Waals surface area contributed by atoms with Crippen LogP contribution in [0.2, 0.25) is 0 Å². The number of carboxylic acids is 1. The van der Waals surface area contributed by atoms with Crippen LogP contribution in [-0.2, 0) is 6.54 Å². The largest absolute Gasteiger partial charge is 0.478 e. The van der Waals surface area contributed by atoms with Crippen LogP contribution in [0.4, 0.5) is 8.78 Å². The molecule has 3 aromatic heterocycles. The fourth-order valence-electron chi connectivity index (χ4n) is 3.55. The van der Waals surface area contributed by atoms with Crippen molar-refractivity contribution >= 4 is 28.0 Å². The second-order valence-corrected chi connectivity index (χ2v) is 7.07. The summed E-state index contributed by atoms with van der Waals surface area (Å²) >= 11 is 0. The van der Waals surface area contributed by atoms with Crippen LogP contribution < -0.4 is 10.1 Å². The van der Waals surface area contributed by atoms with Crippen LogP contribution in [-0.4, -0.2) is 55.5 Å². The van der Waals surface area contributed by atoms with E-state index in [9.17, 15) is 18.7 Å². The standard InChI is InChI=1S/C19H16F2N6O3/c20-19(21)30-10-1-2-14-11(3-10)15(26-27(14)8-9-4-22-5-9)13-7-24-17-16(25-13)12(6-23-17)18(28)29/h1-3,6-7,9,19,22H,4-5,8H2,(H,23,24)(H,28,29). The molecule has 154 valence electrons. The van der Waals surface area contributed by atoms with Gasteiger partial charge in [0.2, 0.25) is 0 Å². The van der Waals surface area contributed by atoms with Gasteiger partial charge >= 0.3 is 12.6 Å². The number of aromatic carboxylic acids is 1. The van der Waals surface area contributed by atoms with Crippen molar-refractivity contribution in [1.82, 2.24) is 30.0 Å². The van der Waals surface area contributed by atoms with Gasteiger partial charge in [-0.1, -0.05) is 0 Å². The van der Waals surface area contributed by atoms with E-state index in [1.54, 1.807) is 6.07 Å². The maximum atomic E-state index is 12.7. The molecule has 4 aromatic rings. The minimum absolute atomic E-state index is 0.00511. The molecule has 0 amide bonds. The SMILES string of the molecule is O=C(O)c1c[nH]c2ncc(-c3nn(CC4CNC4)c4ccc(OC(F)F)cc34)nc12. The number of aromatic nitrogens is 5. The van der Waals surface area contributed by atoms with Gasteiger partial charge < -0.3 is 20.1 Å². The number of hydrogen-bond acceptors (Lipinski definition) is 6. The predicted octanol–water partition coefficient (Wildman–Crippen LogP) is 2.49. The number of halogens is 2. The molecule has 1 fully saturated rings. The quantitative estimate of drug-likeness (QED) is 0.444. The van der Waals surface area contributed by atoms with Crippen LogP contribution in [0.1, 0.15) is 10.4 Å². The number of hydrogen-bond donors (Lipinski definition) is 3. The van der Waals surface area contributed by atoms with Crippen molar-refractivity contribution in [2.75, 3.05) is 13.1 Å². The zero-order valence-corrected chi connectivity index (χ0v) is 15.5.